The number of alkyl halides is 3. The fourth-order valence-electron chi connectivity index (χ4n) is 3.27. The van der Waals surface area contributed by atoms with E-state index in [0.717, 1.165) is 24.3 Å². The van der Waals surface area contributed by atoms with Gasteiger partial charge < -0.3 is 4.42 Å². The molecule has 0 aliphatic carbocycles. The summed E-state index contributed by atoms with van der Waals surface area (Å²) in [5.41, 5.74) is -0.605. The quantitative estimate of drug-likeness (QED) is 0.673. The van der Waals surface area contributed by atoms with Gasteiger partial charge in [-0.05, 0) is 42.7 Å². The first-order valence-corrected chi connectivity index (χ1v) is 12.2. The van der Waals surface area contributed by atoms with E-state index in [2.05, 4.69) is 0 Å². The van der Waals surface area contributed by atoms with Gasteiger partial charge in [-0.15, -0.1) is 0 Å². The molecule has 0 radical (unpaired) electrons. The number of halogens is 3. The van der Waals surface area contributed by atoms with Crippen LogP contribution >= 0.6 is 0 Å². The van der Waals surface area contributed by atoms with Crippen molar-refractivity contribution in [2.45, 2.75) is 35.8 Å². The molecule has 1 aliphatic rings. The van der Waals surface area contributed by atoms with Gasteiger partial charge in [-0.25, -0.2) is 21.1 Å². The van der Waals surface area contributed by atoms with Crippen molar-refractivity contribution in [3.8, 4) is 0 Å². The van der Waals surface area contributed by atoms with Crippen LogP contribution in [0.1, 0.15) is 29.7 Å². The molecule has 1 aromatic heterocycles. The molecule has 0 amide bonds. The van der Waals surface area contributed by atoms with Crippen LogP contribution in [0.3, 0.4) is 0 Å². The van der Waals surface area contributed by atoms with E-state index in [4.69, 9.17) is 4.42 Å². The number of hydrogen-bond acceptors (Lipinski definition) is 5. The summed E-state index contributed by atoms with van der Waals surface area (Å²) in [6.45, 7) is 0.0933. The smallest absolute Gasteiger partial charge is 0.416 e. The van der Waals surface area contributed by atoms with Crippen molar-refractivity contribution in [3.63, 3.8) is 0 Å². The van der Waals surface area contributed by atoms with Gasteiger partial charge in [0.1, 0.15) is 11.5 Å². The van der Waals surface area contributed by atoms with E-state index in [-0.39, 0.29) is 37.2 Å². The van der Waals surface area contributed by atoms with Gasteiger partial charge in [0.05, 0.1) is 22.8 Å². The van der Waals surface area contributed by atoms with E-state index in [1.54, 1.807) is 12.1 Å². The van der Waals surface area contributed by atoms with Gasteiger partial charge in [-0.1, -0.05) is 12.1 Å². The minimum Gasteiger partial charge on any atom is -0.468 e. The van der Waals surface area contributed by atoms with Gasteiger partial charge in [0.25, 0.3) is 0 Å². The van der Waals surface area contributed by atoms with Crippen LogP contribution in [0.5, 0.6) is 0 Å². The van der Waals surface area contributed by atoms with Gasteiger partial charge >= 0.3 is 6.18 Å². The van der Waals surface area contributed by atoms with Gasteiger partial charge in [-0.3, -0.25) is 0 Å². The summed E-state index contributed by atoms with van der Waals surface area (Å²) in [7, 11) is -7.24. The fourth-order valence-corrected chi connectivity index (χ4v) is 6.56. The Labute approximate surface area is 167 Å². The number of piperidine rings is 1. The molecule has 6 nitrogen and oxygen atoms in total. The predicted molar refractivity (Wildman–Crippen MR) is 100.0 cm³/mol. The zero-order valence-corrected chi connectivity index (χ0v) is 16.9. The molecule has 0 spiro atoms. The third kappa shape index (κ3) is 5.40. The second kappa shape index (κ2) is 8.11. The molecule has 160 valence electrons. The molecule has 0 atom stereocenters. The van der Waals surface area contributed by atoms with Crippen LogP contribution in [0.4, 0.5) is 13.2 Å². The minimum absolute atomic E-state index is 0.0466. The van der Waals surface area contributed by atoms with E-state index in [9.17, 15) is 30.0 Å². The Morgan fingerprint density at radius 1 is 0.966 bits per heavy atom. The Bertz CT molecular complexity index is 1020. The standard InChI is InChI=1S/C18H20F3NO5S2/c19-18(20,21)15-5-3-14(4-6-15)12-29(25,26)22-9-7-17(8-10-22)28(23,24)13-16-2-1-11-27-16/h1-6,11,17H,7-10,12-13H2. The number of sulfone groups is 1. The zero-order chi connectivity index (χ0) is 21.3. The lowest BCUT2D eigenvalue weighted by Crippen LogP contribution is -2.43. The van der Waals surface area contributed by atoms with Crippen LogP contribution < -0.4 is 0 Å². The Kier molecular flexibility index (Phi) is 6.11. The summed E-state index contributed by atoms with van der Waals surface area (Å²) in [4.78, 5) is 0. The predicted octanol–water partition coefficient (Wildman–Crippen LogP) is 3.21. The molecular formula is C18H20F3NO5S2. The summed E-state index contributed by atoms with van der Waals surface area (Å²) in [5, 5.41) is -0.662. The molecular weight excluding hydrogens is 431 g/mol. The summed E-state index contributed by atoms with van der Waals surface area (Å²) in [6.07, 6.45) is -2.77. The Balaban J connectivity index is 1.61. The first-order valence-electron chi connectivity index (χ1n) is 8.85. The number of furan rings is 1. The average Bonchev–Trinajstić information content (AvgIpc) is 3.13. The van der Waals surface area contributed by atoms with Crippen molar-refractivity contribution in [3.05, 3.63) is 59.5 Å². The maximum Gasteiger partial charge on any atom is 0.416 e. The molecule has 0 N–H and O–H groups in total. The van der Waals surface area contributed by atoms with E-state index in [0.29, 0.717) is 5.76 Å². The summed E-state index contributed by atoms with van der Waals surface area (Å²) >= 11 is 0. The first kappa shape index (κ1) is 21.8. The van der Waals surface area contributed by atoms with Crippen molar-refractivity contribution in [1.82, 2.24) is 4.31 Å². The normalized spacial score (nSPS) is 17.5. The molecule has 11 heteroatoms. The van der Waals surface area contributed by atoms with E-state index < -0.39 is 42.6 Å². The third-order valence-corrected chi connectivity index (χ3v) is 8.88. The highest BCUT2D eigenvalue weighted by Gasteiger charge is 2.35. The van der Waals surface area contributed by atoms with Crippen LogP contribution in [0.25, 0.3) is 0 Å². The lowest BCUT2D eigenvalue weighted by atomic mass is 10.1. The molecule has 1 aromatic carbocycles. The topological polar surface area (TPSA) is 84.7 Å². The van der Waals surface area contributed by atoms with Crippen molar-refractivity contribution >= 4 is 19.9 Å². The molecule has 3 rings (SSSR count). The highest BCUT2D eigenvalue weighted by Crippen LogP contribution is 2.30. The van der Waals surface area contributed by atoms with E-state index in [1.165, 1.54) is 10.6 Å². The molecule has 0 unspecified atom stereocenters. The lowest BCUT2D eigenvalue weighted by Gasteiger charge is -2.30. The van der Waals surface area contributed by atoms with E-state index in [1.807, 2.05) is 0 Å². The van der Waals surface area contributed by atoms with Crippen LogP contribution in [-0.2, 0) is 37.5 Å². The average molecular weight is 451 g/mol. The zero-order valence-electron chi connectivity index (χ0n) is 15.3. The first-order chi connectivity index (χ1) is 13.5. The van der Waals surface area contributed by atoms with Crippen molar-refractivity contribution in [2.24, 2.45) is 0 Å². The van der Waals surface area contributed by atoms with E-state index >= 15 is 0 Å². The van der Waals surface area contributed by atoms with Gasteiger partial charge in [0.15, 0.2) is 9.84 Å². The Hall–Kier alpha value is -1.85. The van der Waals surface area contributed by atoms with Crippen LogP contribution in [0.2, 0.25) is 0 Å². The Morgan fingerprint density at radius 2 is 1.59 bits per heavy atom. The minimum atomic E-state index is -4.49. The summed E-state index contributed by atoms with van der Waals surface area (Å²) in [5.74, 6) is -0.333. The van der Waals surface area contributed by atoms with Crippen molar-refractivity contribution < 1.29 is 34.4 Å². The number of rotatable bonds is 6. The molecule has 1 saturated heterocycles. The number of sulfonamides is 1. The van der Waals surface area contributed by atoms with Gasteiger partial charge in [-0.2, -0.15) is 13.2 Å². The second-order valence-electron chi connectivity index (χ2n) is 6.94. The highest BCUT2D eigenvalue weighted by molar-refractivity contribution is 7.91. The molecule has 1 fully saturated rings. The Morgan fingerprint density at radius 3 is 2.10 bits per heavy atom. The monoisotopic (exact) mass is 451 g/mol. The van der Waals surface area contributed by atoms with Crippen LogP contribution in [0, 0.1) is 0 Å². The largest absolute Gasteiger partial charge is 0.468 e. The molecule has 2 aromatic rings. The highest BCUT2D eigenvalue weighted by atomic mass is 32.2. The van der Waals surface area contributed by atoms with Crippen LogP contribution in [0.15, 0.2) is 47.1 Å². The van der Waals surface area contributed by atoms with Crippen molar-refractivity contribution in [1.29, 1.82) is 0 Å². The SMILES string of the molecule is O=S(=O)(Cc1ccco1)C1CCN(S(=O)(=O)Cc2ccc(C(F)(F)F)cc2)CC1. The molecule has 2 heterocycles. The molecule has 1 aliphatic heterocycles. The summed E-state index contributed by atoms with van der Waals surface area (Å²) in [6, 6.07) is 7.14. The fraction of sp³-hybridized carbons (Fsp3) is 0.444. The molecule has 0 saturated carbocycles. The lowest BCUT2D eigenvalue weighted by molar-refractivity contribution is -0.137. The molecule has 0 bridgehead atoms. The third-order valence-electron chi connectivity index (χ3n) is 4.86. The van der Waals surface area contributed by atoms with Crippen molar-refractivity contribution in [2.75, 3.05) is 13.1 Å². The molecule has 29 heavy (non-hydrogen) atoms. The van der Waals surface area contributed by atoms with Gasteiger partial charge in [0, 0.05) is 13.1 Å². The number of nitrogens with zero attached hydrogens (tertiary/aromatic N) is 1. The second-order valence-corrected chi connectivity index (χ2v) is 11.2. The van der Waals surface area contributed by atoms with Crippen LogP contribution in [-0.4, -0.2) is 39.5 Å². The maximum atomic E-state index is 12.6. The van der Waals surface area contributed by atoms with Gasteiger partial charge in [0.2, 0.25) is 10.0 Å². The maximum absolute atomic E-state index is 12.6. The number of benzene rings is 1. The number of hydrogen-bond donors (Lipinski definition) is 0. The summed E-state index contributed by atoms with van der Waals surface area (Å²) < 4.78 is 94.3.